The molecule has 1 aliphatic rings. The molecule has 4 heteroatoms. The second-order valence-corrected chi connectivity index (χ2v) is 8.18. The van der Waals surface area contributed by atoms with Gasteiger partial charge in [0.2, 0.25) is 0 Å². The third-order valence-electron chi connectivity index (χ3n) is 3.52. The first-order valence-corrected chi connectivity index (χ1v) is 7.54. The first-order valence-electron chi connectivity index (χ1n) is 5.65. The van der Waals surface area contributed by atoms with Crippen LogP contribution in [0.4, 0.5) is 0 Å². The summed E-state index contributed by atoms with van der Waals surface area (Å²) in [5, 5.41) is 3.38. The number of nitrogens with one attached hydrogen (secondary N) is 1. The normalized spacial score (nSPS) is 28.3. The summed E-state index contributed by atoms with van der Waals surface area (Å²) >= 11 is 0. The molecule has 0 radical (unpaired) electrons. The summed E-state index contributed by atoms with van der Waals surface area (Å²) in [5.74, 6) is 0.781. The molecule has 0 spiro atoms. The smallest absolute Gasteiger partial charge is 0.153 e. The molecule has 1 aliphatic carbocycles. The maximum absolute atomic E-state index is 11.5. The Balaban J connectivity index is 2.43. The quantitative estimate of drug-likeness (QED) is 0.802. The molecular formula is C11H23NO2S. The van der Waals surface area contributed by atoms with E-state index in [1.807, 2.05) is 0 Å². The summed E-state index contributed by atoms with van der Waals surface area (Å²) in [6, 6.07) is 0.515. The number of hydrogen-bond donors (Lipinski definition) is 1. The van der Waals surface area contributed by atoms with E-state index in [1.54, 1.807) is 13.8 Å². The fourth-order valence-electron chi connectivity index (χ4n) is 1.91. The average molecular weight is 233 g/mol. The number of hydrogen-bond acceptors (Lipinski definition) is 3. The van der Waals surface area contributed by atoms with Crippen molar-refractivity contribution in [3.8, 4) is 0 Å². The van der Waals surface area contributed by atoms with Crippen molar-refractivity contribution in [3.63, 3.8) is 0 Å². The van der Waals surface area contributed by atoms with E-state index in [0.717, 1.165) is 5.92 Å². The van der Waals surface area contributed by atoms with Crippen molar-refractivity contribution in [2.24, 2.45) is 5.92 Å². The highest BCUT2D eigenvalue weighted by atomic mass is 32.2. The Labute approximate surface area is 93.6 Å². The van der Waals surface area contributed by atoms with E-state index in [1.165, 1.54) is 25.5 Å². The molecule has 2 atom stereocenters. The van der Waals surface area contributed by atoms with Crippen molar-refractivity contribution < 1.29 is 8.42 Å². The lowest BCUT2D eigenvalue weighted by molar-refractivity contribution is 0.458. The van der Waals surface area contributed by atoms with E-state index in [-0.39, 0.29) is 0 Å². The predicted octanol–water partition coefficient (Wildman–Crippen LogP) is 1.59. The summed E-state index contributed by atoms with van der Waals surface area (Å²) in [5.41, 5.74) is 0. The van der Waals surface area contributed by atoms with Crippen molar-refractivity contribution >= 4 is 9.84 Å². The van der Waals surface area contributed by atoms with Gasteiger partial charge in [-0.05, 0) is 39.0 Å². The zero-order chi connectivity index (χ0) is 11.7. The van der Waals surface area contributed by atoms with Crippen LogP contribution in [0.2, 0.25) is 0 Å². The van der Waals surface area contributed by atoms with Crippen LogP contribution in [0.1, 0.15) is 40.0 Å². The van der Waals surface area contributed by atoms with Gasteiger partial charge in [-0.3, -0.25) is 0 Å². The summed E-state index contributed by atoms with van der Waals surface area (Å²) in [6.45, 7) is 6.38. The molecule has 0 aromatic carbocycles. The molecule has 3 nitrogen and oxygen atoms in total. The Morgan fingerprint density at radius 3 is 2.33 bits per heavy atom. The maximum Gasteiger partial charge on any atom is 0.153 e. The SMILES string of the molecule is CC1CCC(NCC(C)(C)S(C)(=O)=O)C1. The van der Waals surface area contributed by atoms with Gasteiger partial charge in [0.15, 0.2) is 9.84 Å². The number of sulfone groups is 1. The molecule has 0 aliphatic heterocycles. The molecule has 2 unspecified atom stereocenters. The van der Waals surface area contributed by atoms with Gasteiger partial charge >= 0.3 is 0 Å². The zero-order valence-electron chi connectivity index (χ0n) is 10.2. The molecule has 1 fully saturated rings. The first kappa shape index (κ1) is 13.0. The predicted molar refractivity (Wildman–Crippen MR) is 63.7 cm³/mol. The molecule has 1 N–H and O–H groups in total. The fourth-order valence-corrected chi connectivity index (χ4v) is 2.26. The van der Waals surface area contributed by atoms with Crippen LogP contribution < -0.4 is 5.32 Å². The van der Waals surface area contributed by atoms with E-state index >= 15 is 0 Å². The summed E-state index contributed by atoms with van der Waals surface area (Å²) < 4.78 is 22.3. The molecule has 0 heterocycles. The van der Waals surface area contributed by atoms with Gasteiger partial charge in [0.25, 0.3) is 0 Å². The second-order valence-electron chi connectivity index (χ2n) is 5.53. The van der Waals surface area contributed by atoms with Gasteiger partial charge in [0.05, 0.1) is 4.75 Å². The molecule has 1 rings (SSSR count). The molecular weight excluding hydrogens is 210 g/mol. The van der Waals surface area contributed by atoms with E-state index in [2.05, 4.69) is 12.2 Å². The van der Waals surface area contributed by atoms with Crippen LogP contribution in [0.15, 0.2) is 0 Å². The highest BCUT2D eigenvalue weighted by Gasteiger charge is 2.31. The molecule has 0 aromatic rings. The van der Waals surface area contributed by atoms with Crippen LogP contribution in [0.3, 0.4) is 0 Å². The third-order valence-corrected chi connectivity index (χ3v) is 5.67. The standard InChI is InChI=1S/C11H23NO2S/c1-9-5-6-10(7-9)12-8-11(2,3)15(4,13)14/h9-10,12H,5-8H2,1-4H3. The van der Waals surface area contributed by atoms with E-state index < -0.39 is 14.6 Å². The largest absolute Gasteiger partial charge is 0.312 e. The van der Waals surface area contributed by atoms with Crippen LogP contribution >= 0.6 is 0 Å². The monoisotopic (exact) mass is 233 g/mol. The van der Waals surface area contributed by atoms with Gasteiger partial charge in [-0.25, -0.2) is 8.42 Å². The van der Waals surface area contributed by atoms with Crippen LogP contribution in [-0.2, 0) is 9.84 Å². The highest BCUT2D eigenvalue weighted by molar-refractivity contribution is 7.92. The molecule has 1 saturated carbocycles. The molecule has 90 valence electrons. The Kier molecular flexibility index (Phi) is 3.82. The molecule has 0 amide bonds. The van der Waals surface area contributed by atoms with E-state index in [4.69, 9.17) is 0 Å². The van der Waals surface area contributed by atoms with Crippen LogP contribution in [-0.4, -0.2) is 32.0 Å². The van der Waals surface area contributed by atoms with Crippen molar-refractivity contribution in [1.29, 1.82) is 0 Å². The fraction of sp³-hybridized carbons (Fsp3) is 1.00. The molecule has 0 aromatic heterocycles. The van der Waals surface area contributed by atoms with Gasteiger partial charge in [-0.15, -0.1) is 0 Å². The lowest BCUT2D eigenvalue weighted by atomic mass is 10.1. The zero-order valence-corrected chi connectivity index (χ0v) is 11.0. The lowest BCUT2D eigenvalue weighted by Crippen LogP contribution is -2.44. The number of rotatable bonds is 4. The van der Waals surface area contributed by atoms with Gasteiger partial charge in [0, 0.05) is 18.8 Å². The maximum atomic E-state index is 11.5. The lowest BCUT2D eigenvalue weighted by Gasteiger charge is -2.25. The van der Waals surface area contributed by atoms with Crippen molar-refractivity contribution in [2.45, 2.75) is 50.8 Å². The van der Waals surface area contributed by atoms with E-state index in [9.17, 15) is 8.42 Å². The third kappa shape index (κ3) is 3.45. The van der Waals surface area contributed by atoms with Crippen molar-refractivity contribution in [3.05, 3.63) is 0 Å². The second kappa shape index (κ2) is 4.42. The Bertz CT molecular complexity index is 309. The highest BCUT2D eigenvalue weighted by Crippen LogP contribution is 2.25. The van der Waals surface area contributed by atoms with Gasteiger partial charge in [0.1, 0.15) is 0 Å². The van der Waals surface area contributed by atoms with Crippen LogP contribution in [0.25, 0.3) is 0 Å². The summed E-state index contributed by atoms with van der Waals surface area (Å²) in [6.07, 6.45) is 4.93. The molecule has 0 bridgehead atoms. The van der Waals surface area contributed by atoms with Gasteiger partial charge in [-0.2, -0.15) is 0 Å². The Morgan fingerprint density at radius 2 is 1.93 bits per heavy atom. The van der Waals surface area contributed by atoms with E-state index in [0.29, 0.717) is 12.6 Å². The minimum Gasteiger partial charge on any atom is -0.312 e. The van der Waals surface area contributed by atoms with Crippen molar-refractivity contribution in [1.82, 2.24) is 5.32 Å². The minimum absolute atomic E-state index is 0.515. The summed E-state index contributed by atoms with van der Waals surface area (Å²) in [7, 11) is -2.97. The first-order chi connectivity index (χ1) is 6.72. The van der Waals surface area contributed by atoms with Gasteiger partial charge < -0.3 is 5.32 Å². The molecule has 0 saturated heterocycles. The summed E-state index contributed by atoms with van der Waals surface area (Å²) in [4.78, 5) is 0. The Hall–Kier alpha value is -0.0900. The molecule has 15 heavy (non-hydrogen) atoms. The van der Waals surface area contributed by atoms with Crippen LogP contribution in [0.5, 0.6) is 0 Å². The topological polar surface area (TPSA) is 46.2 Å². The van der Waals surface area contributed by atoms with Crippen LogP contribution in [0, 0.1) is 5.92 Å². The average Bonchev–Trinajstić information content (AvgIpc) is 2.46. The Morgan fingerprint density at radius 1 is 1.33 bits per heavy atom. The van der Waals surface area contributed by atoms with Gasteiger partial charge in [-0.1, -0.05) is 6.92 Å². The van der Waals surface area contributed by atoms with Crippen molar-refractivity contribution in [2.75, 3.05) is 12.8 Å². The minimum atomic E-state index is -2.97.